The minimum Gasteiger partial charge on any atom is -0.500 e. The van der Waals surface area contributed by atoms with Gasteiger partial charge in [0.25, 0.3) is 0 Å². The summed E-state index contributed by atoms with van der Waals surface area (Å²) in [6.45, 7) is 12.1. The lowest BCUT2D eigenvalue weighted by Crippen LogP contribution is -2.28. The van der Waals surface area contributed by atoms with Crippen molar-refractivity contribution in [1.29, 1.82) is 0 Å². The standard InChI is InChI=1S/C6H11O2.2C4H9.Al/c7-4-6-2-1-3-8-5-6;2*1-4(2)3;/h6H,1-5H2;2*4H,1H2,2-3H3;/q-1;;;+1. The molecule has 100 valence electrons. The molecule has 0 aliphatic carbocycles. The number of hydrogen-bond donors (Lipinski definition) is 0. The molecule has 2 nitrogen and oxygen atoms in total. The molecule has 0 N–H and O–H groups in total. The highest BCUT2D eigenvalue weighted by Crippen LogP contribution is 2.19. The summed E-state index contributed by atoms with van der Waals surface area (Å²) in [6, 6.07) is 0. The topological polar surface area (TPSA) is 18.5 Å². The Balaban J connectivity index is 2.26. The molecule has 0 radical (unpaired) electrons. The molecule has 0 aromatic carbocycles. The zero-order valence-corrected chi connectivity index (χ0v) is 13.2. The number of ether oxygens (including phenoxy) is 1. The van der Waals surface area contributed by atoms with Gasteiger partial charge in [-0.3, -0.25) is 0 Å². The monoisotopic (exact) mass is 256 g/mol. The SMILES string of the molecule is CC(C)[CH2][Al]([CH2]C(C)C)[O]CC1CCCOC1. The number of hydrogen-bond acceptors (Lipinski definition) is 2. The average molecular weight is 256 g/mol. The van der Waals surface area contributed by atoms with Gasteiger partial charge in [0, 0.05) is 19.1 Å². The Morgan fingerprint density at radius 1 is 1.18 bits per heavy atom. The quantitative estimate of drug-likeness (QED) is 0.646. The van der Waals surface area contributed by atoms with Crippen molar-refractivity contribution < 1.29 is 8.53 Å². The summed E-state index contributed by atoms with van der Waals surface area (Å²) in [7, 11) is 0. The molecule has 0 aromatic heterocycles. The fraction of sp³-hybridized carbons (Fsp3) is 1.00. The van der Waals surface area contributed by atoms with Gasteiger partial charge in [-0.1, -0.05) is 50.1 Å². The van der Waals surface area contributed by atoms with Crippen LogP contribution in [-0.2, 0) is 8.53 Å². The Bertz CT molecular complexity index is 179. The molecular formula is C14H29AlO2. The molecule has 0 aromatic rings. The van der Waals surface area contributed by atoms with E-state index in [2.05, 4.69) is 27.7 Å². The van der Waals surface area contributed by atoms with Crippen molar-refractivity contribution >= 4 is 14.5 Å². The van der Waals surface area contributed by atoms with E-state index in [1.165, 1.54) is 23.4 Å². The third-order valence-corrected chi connectivity index (χ3v) is 6.89. The van der Waals surface area contributed by atoms with E-state index in [-0.39, 0.29) is 0 Å². The van der Waals surface area contributed by atoms with E-state index in [4.69, 9.17) is 8.53 Å². The molecule has 1 aliphatic rings. The third-order valence-electron chi connectivity index (χ3n) is 3.29. The molecule has 0 amide bonds. The maximum Gasteiger partial charge on any atom is 0.461 e. The van der Waals surface area contributed by atoms with Crippen LogP contribution in [0.2, 0.25) is 10.6 Å². The minimum absolute atomic E-state index is 0.665. The summed E-state index contributed by atoms with van der Waals surface area (Å²) in [5.74, 6) is 2.24. The van der Waals surface area contributed by atoms with Gasteiger partial charge in [-0.15, -0.1) is 0 Å². The van der Waals surface area contributed by atoms with Gasteiger partial charge in [-0.05, 0) is 12.8 Å². The summed E-state index contributed by atoms with van der Waals surface area (Å²) in [6.07, 6.45) is 2.51. The largest absolute Gasteiger partial charge is 0.500 e. The molecule has 1 unspecified atom stereocenters. The minimum atomic E-state index is -0.976. The molecule has 17 heavy (non-hydrogen) atoms. The van der Waals surface area contributed by atoms with Crippen LogP contribution >= 0.6 is 0 Å². The van der Waals surface area contributed by atoms with Crippen LogP contribution in [0.25, 0.3) is 0 Å². The second kappa shape index (κ2) is 8.54. The van der Waals surface area contributed by atoms with Crippen molar-refractivity contribution in [3.05, 3.63) is 0 Å². The maximum absolute atomic E-state index is 6.26. The summed E-state index contributed by atoms with van der Waals surface area (Å²) >= 11 is -0.976. The van der Waals surface area contributed by atoms with Gasteiger partial charge in [-0.25, -0.2) is 0 Å². The van der Waals surface area contributed by atoms with Crippen LogP contribution in [0.4, 0.5) is 0 Å². The highest BCUT2D eigenvalue weighted by molar-refractivity contribution is 6.51. The van der Waals surface area contributed by atoms with Crippen LogP contribution in [0.5, 0.6) is 0 Å². The van der Waals surface area contributed by atoms with E-state index in [1.807, 2.05) is 0 Å². The summed E-state index contributed by atoms with van der Waals surface area (Å²) in [5.41, 5.74) is 0. The zero-order valence-electron chi connectivity index (χ0n) is 12.1. The summed E-state index contributed by atoms with van der Waals surface area (Å²) in [4.78, 5) is 0. The molecule has 1 saturated heterocycles. The Labute approximate surface area is 112 Å². The zero-order chi connectivity index (χ0) is 12.7. The van der Waals surface area contributed by atoms with Gasteiger partial charge >= 0.3 is 14.5 Å². The normalized spacial score (nSPS) is 21.2. The van der Waals surface area contributed by atoms with Gasteiger partial charge in [-0.2, -0.15) is 0 Å². The Kier molecular flexibility index (Phi) is 7.79. The van der Waals surface area contributed by atoms with Crippen molar-refractivity contribution in [1.82, 2.24) is 0 Å². The van der Waals surface area contributed by atoms with Crippen LogP contribution in [0, 0.1) is 17.8 Å². The van der Waals surface area contributed by atoms with Gasteiger partial charge in [0.05, 0.1) is 6.61 Å². The molecule has 0 saturated carbocycles. The highest BCUT2D eigenvalue weighted by Gasteiger charge is 2.25. The smallest absolute Gasteiger partial charge is 0.461 e. The lowest BCUT2D eigenvalue weighted by atomic mass is 10.0. The fourth-order valence-corrected chi connectivity index (χ4v) is 5.61. The Hall–Kier alpha value is 0.452. The van der Waals surface area contributed by atoms with E-state index in [0.717, 1.165) is 31.7 Å². The van der Waals surface area contributed by atoms with Crippen molar-refractivity contribution in [2.75, 3.05) is 19.8 Å². The van der Waals surface area contributed by atoms with Crippen LogP contribution in [-0.4, -0.2) is 34.3 Å². The molecule has 1 atom stereocenters. The average Bonchev–Trinajstić information content (AvgIpc) is 2.26. The Morgan fingerprint density at radius 3 is 2.29 bits per heavy atom. The van der Waals surface area contributed by atoms with Crippen molar-refractivity contribution in [3.8, 4) is 0 Å². The molecule has 1 heterocycles. The molecule has 0 bridgehead atoms. The lowest BCUT2D eigenvalue weighted by Gasteiger charge is -2.25. The van der Waals surface area contributed by atoms with Crippen LogP contribution in [0.3, 0.4) is 0 Å². The second-order valence-corrected chi connectivity index (χ2v) is 8.82. The Morgan fingerprint density at radius 2 is 1.82 bits per heavy atom. The molecule has 0 spiro atoms. The first-order valence-corrected chi connectivity index (χ1v) is 9.37. The van der Waals surface area contributed by atoms with Crippen molar-refractivity contribution in [3.63, 3.8) is 0 Å². The highest BCUT2D eigenvalue weighted by atomic mass is 27.2. The van der Waals surface area contributed by atoms with E-state index < -0.39 is 14.5 Å². The van der Waals surface area contributed by atoms with E-state index in [1.54, 1.807) is 0 Å². The summed E-state index contributed by atoms with van der Waals surface area (Å²) in [5, 5.41) is 2.65. The molecule has 1 fully saturated rings. The van der Waals surface area contributed by atoms with E-state index >= 15 is 0 Å². The predicted molar refractivity (Wildman–Crippen MR) is 74.5 cm³/mol. The van der Waals surface area contributed by atoms with Gasteiger partial charge < -0.3 is 8.53 Å². The second-order valence-electron chi connectivity index (χ2n) is 6.30. The van der Waals surface area contributed by atoms with Gasteiger partial charge in [0.1, 0.15) is 0 Å². The summed E-state index contributed by atoms with van der Waals surface area (Å²) < 4.78 is 11.8. The first kappa shape index (κ1) is 15.5. The molecule has 1 rings (SSSR count). The van der Waals surface area contributed by atoms with Crippen LogP contribution in [0.15, 0.2) is 0 Å². The van der Waals surface area contributed by atoms with Gasteiger partial charge in [0.2, 0.25) is 0 Å². The molecule has 1 aliphatic heterocycles. The van der Waals surface area contributed by atoms with Gasteiger partial charge in [0.15, 0.2) is 0 Å². The lowest BCUT2D eigenvalue weighted by molar-refractivity contribution is 0.0343. The number of rotatable bonds is 7. The first-order chi connectivity index (χ1) is 8.08. The third kappa shape index (κ3) is 7.47. The predicted octanol–water partition coefficient (Wildman–Crippen LogP) is 3.73. The first-order valence-electron chi connectivity index (χ1n) is 7.27. The van der Waals surface area contributed by atoms with Crippen molar-refractivity contribution in [2.24, 2.45) is 17.8 Å². The van der Waals surface area contributed by atoms with E-state index in [0.29, 0.717) is 5.92 Å². The molecule has 3 heteroatoms. The van der Waals surface area contributed by atoms with Crippen molar-refractivity contribution in [2.45, 2.75) is 51.1 Å². The maximum atomic E-state index is 6.26. The van der Waals surface area contributed by atoms with E-state index in [9.17, 15) is 0 Å². The van der Waals surface area contributed by atoms with Crippen LogP contribution < -0.4 is 0 Å². The van der Waals surface area contributed by atoms with Crippen LogP contribution in [0.1, 0.15) is 40.5 Å². The molecular weight excluding hydrogens is 227 g/mol. The fourth-order valence-electron chi connectivity index (χ4n) is 2.49.